The molecule has 1 atom stereocenters. The molecule has 2 aromatic rings. The Morgan fingerprint density at radius 1 is 0.913 bits per heavy atom. The lowest BCUT2D eigenvalue weighted by molar-refractivity contribution is -0.137. The van der Waals surface area contributed by atoms with Crippen molar-refractivity contribution in [3.05, 3.63) is 50.5 Å². The quantitative estimate of drug-likeness (QED) is 0.574. The van der Waals surface area contributed by atoms with E-state index in [2.05, 4.69) is 10.6 Å². The van der Waals surface area contributed by atoms with Gasteiger partial charge in [0.15, 0.2) is 0 Å². The summed E-state index contributed by atoms with van der Waals surface area (Å²) < 4.78 is 38.7. The number of anilines is 2. The average Bonchev–Trinajstić information content (AvgIpc) is 2.83. The molecule has 3 rings (SSSR count). The molecule has 0 aliphatic carbocycles. The topological polar surface area (TPSA) is 44.3 Å². The molecule has 0 fully saturated rings. The molecule has 3 nitrogen and oxygen atoms in total. The number of rotatable bonds is 1. The van der Waals surface area contributed by atoms with E-state index in [1.807, 2.05) is 0 Å². The highest BCUT2D eigenvalue weighted by atomic mass is 35.5. The fraction of sp³-hybridized carbons (Fsp3) is 0.143. The Kier molecular flexibility index (Phi) is 3.94. The van der Waals surface area contributed by atoms with Gasteiger partial charge < -0.3 is 15.7 Å². The van der Waals surface area contributed by atoms with E-state index in [0.29, 0.717) is 11.3 Å². The highest BCUT2D eigenvalue weighted by Gasteiger charge is 2.36. The normalized spacial score (nSPS) is 16.7. The Morgan fingerprint density at radius 3 is 2.13 bits per heavy atom. The van der Waals surface area contributed by atoms with E-state index in [-0.39, 0.29) is 21.5 Å². The van der Waals surface area contributed by atoms with Gasteiger partial charge >= 0.3 is 6.18 Å². The Morgan fingerprint density at radius 2 is 1.52 bits per heavy atom. The maximum absolute atomic E-state index is 12.9. The van der Waals surface area contributed by atoms with Crippen molar-refractivity contribution in [2.45, 2.75) is 12.3 Å². The molecule has 0 saturated carbocycles. The second kappa shape index (κ2) is 5.54. The van der Waals surface area contributed by atoms with Crippen LogP contribution in [0.3, 0.4) is 0 Å². The van der Waals surface area contributed by atoms with Crippen LogP contribution in [0.15, 0.2) is 24.3 Å². The van der Waals surface area contributed by atoms with Crippen LogP contribution >= 0.6 is 34.8 Å². The minimum atomic E-state index is -4.56. The minimum Gasteiger partial charge on any atom is -0.506 e. The number of phenols is 1. The van der Waals surface area contributed by atoms with Crippen LogP contribution in [0.1, 0.15) is 17.3 Å². The van der Waals surface area contributed by atoms with Gasteiger partial charge in [-0.15, -0.1) is 0 Å². The first-order chi connectivity index (χ1) is 10.7. The van der Waals surface area contributed by atoms with Crippen molar-refractivity contribution in [1.82, 2.24) is 0 Å². The smallest absolute Gasteiger partial charge is 0.417 e. The van der Waals surface area contributed by atoms with E-state index in [9.17, 15) is 18.3 Å². The predicted octanol–water partition coefficient (Wildman–Crippen LogP) is 5.91. The van der Waals surface area contributed by atoms with E-state index in [1.54, 1.807) is 0 Å². The number of halogens is 6. The molecule has 122 valence electrons. The van der Waals surface area contributed by atoms with Gasteiger partial charge in [0, 0.05) is 10.6 Å². The van der Waals surface area contributed by atoms with Gasteiger partial charge in [-0.05, 0) is 24.3 Å². The van der Waals surface area contributed by atoms with Gasteiger partial charge in [0.25, 0.3) is 0 Å². The van der Waals surface area contributed by atoms with Crippen LogP contribution in [0.25, 0.3) is 0 Å². The lowest BCUT2D eigenvalue weighted by Gasteiger charge is -2.15. The molecule has 1 heterocycles. The van der Waals surface area contributed by atoms with E-state index >= 15 is 0 Å². The van der Waals surface area contributed by atoms with Crippen molar-refractivity contribution in [3.8, 4) is 5.75 Å². The summed E-state index contributed by atoms with van der Waals surface area (Å²) in [5.41, 5.74) is -0.0460. The number of hydrogen-bond acceptors (Lipinski definition) is 3. The predicted molar refractivity (Wildman–Crippen MR) is 84.6 cm³/mol. The highest BCUT2D eigenvalue weighted by molar-refractivity contribution is 6.35. The lowest BCUT2D eigenvalue weighted by Crippen LogP contribution is -2.12. The summed E-state index contributed by atoms with van der Waals surface area (Å²) in [5.74, 6) is -0.212. The van der Waals surface area contributed by atoms with E-state index in [0.717, 1.165) is 6.07 Å². The fourth-order valence-corrected chi connectivity index (χ4v) is 3.12. The van der Waals surface area contributed by atoms with Crippen LogP contribution in [0.5, 0.6) is 5.75 Å². The first-order valence-electron chi connectivity index (χ1n) is 6.28. The van der Waals surface area contributed by atoms with Crippen LogP contribution in [0.2, 0.25) is 15.1 Å². The standard InChI is InChI=1S/C14H8Cl3F3N2O/c15-5-1-6(12(23)9(17)2-5)13-21-10-3-7(14(18,19)20)8(16)4-11(10)22-13/h1-4,13,21-23H/t13-/m1/s1. The van der Waals surface area contributed by atoms with Crippen molar-refractivity contribution >= 4 is 46.2 Å². The van der Waals surface area contributed by atoms with Gasteiger partial charge in [-0.25, -0.2) is 0 Å². The number of phenolic OH excluding ortho intramolecular Hbond substituents is 1. The third-order valence-electron chi connectivity index (χ3n) is 3.38. The van der Waals surface area contributed by atoms with Crippen LogP contribution in [0, 0.1) is 0 Å². The zero-order valence-corrected chi connectivity index (χ0v) is 13.4. The fourth-order valence-electron chi connectivity index (χ4n) is 2.34. The van der Waals surface area contributed by atoms with Gasteiger partial charge in [0.05, 0.1) is 27.0 Å². The van der Waals surface area contributed by atoms with Crippen LogP contribution in [-0.4, -0.2) is 5.11 Å². The highest BCUT2D eigenvalue weighted by Crippen LogP contribution is 2.45. The van der Waals surface area contributed by atoms with Crippen molar-refractivity contribution in [2.24, 2.45) is 0 Å². The monoisotopic (exact) mass is 382 g/mol. The summed E-state index contributed by atoms with van der Waals surface area (Å²) in [7, 11) is 0. The molecule has 2 aromatic carbocycles. The van der Waals surface area contributed by atoms with Crippen LogP contribution in [0.4, 0.5) is 24.5 Å². The Bertz CT molecular complexity index is 796. The largest absolute Gasteiger partial charge is 0.506 e. The third kappa shape index (κ3) is 2.98. The van der Waals surface area contributed by atoms with E-state index < -0.39 is 22.9 Å². The maximum Gasteiger partial charge on any atom is 0.417 e. The van der Waals surface area contributed by atoms with Gasteiger partial charge in [0.2, 0.25) is 0 Å². The van der Waals surface area contributed by atoms with Crippen molar-refractivity contribution in [2.75, 3.05) is 10.6 Å². The van der Waals surface area contributed by atoms with Crippen LogP contribution in [-0.2, 0) is 6.18 Å². The number of alkyl halides is 3. The molecular formula is C14H8Cl3F3N2O. The van der Waals surface area contributed by atoms with Crippen molar-refractivity contribution in [3.63, 3.8) is 0 Å². The molecule has 0 amide bonds. The molecule has 9 heteroatoms. The molecule has 23 heavy (non-hydrogen) atoms. The maximum atomic E-state index is 12.9. The summed E-state index contributed by atoms with van der Waals surface area (Å²) >= 11 is 17.4. The Hall–Kier alpha value is -1.50. The van der Waals surface area contributed by atoms with Crippen LogP contribution < -0.4 is 10.6 Å². The molecule has 0 aromatic heterocycles. The lowest BCUT2D eigenvalue weighted by atomic mass is 10.1. The Labute approximate surface area is 144 Å². The molecule has 0 bridgehead atoms. The summed E-state index contributed by atoms with van der Waals surface area (Å²) in [5, 5.41) is 15.7. The number of fused-ring (bicyclic) bond motifs is 1. The Balaban J connectivity index is 2.00. The van der Waals surface area contributed by atoms with Gasteiger partial charge in [-0.3, -0.25) is 0 Å². The molecule has 0 saturated heterocycles. The molecule has 0 radical (unpaired) electrons. The molecule has 3 N–H and O–H groups in total. The third-order valence-corrected chi connectivity index (χ3v) is 4.20. The number of hydrogen-bond donors (Lipinski definition) is 3. The zero-order valence-electron chi connectivity index (χ0n) is 11.1. The number of aromatic hydroxyl groups is 1. The molecule has 0 spiro atoms. The van der Waals surface area contributed by atoms with Crippen molar-refractivity contribution in [1.29, 1.82) is 0 Å². The minimum absolute atomic E-state index is 0.0427. The zero-order chi connectivity index (χ0) is 16.9. The van der Waals surface area contributed by atoms with E-state index in [4.69, 9.17) is 34.8 Å². The second-order valence-electron chi connectivity index (χ2n) is 4.92. The van der Waals surface area contributed by atoms with E-state index in [1.165, 1.54) is 18.2 Å². The summed E-state index contributed by atoms with van der Waals surface area (Å²) in [6, 6.07) is 4.91. The number of nitrogens with one attached hydrogen (secondary N) is 2. The molecule has 1 aliphatic rings. The second-order valence-corrected chi connectivity index (χ2v) is 6.17. The number of benzene rings is 2. The van der Waals surface area contributed by atoms with Crippen molar-refractivity contribution < 1.29 is 18.3 Å². The summed E-state index contributed by atoms with van der Waals surface area (Å²) in [4.78, 5) is 0. The summed E-state index contributed by atoms with van der Waals surface area (Å²) in [6.45, 7) is 0. The summed E-state index contributed by atoms with van der Waals surface area (Å²) in [6.07, 6.45) is -5.26. The van der Waals surface area contributed by atoms with Gasteiger partial charge in [-0.2, -0.15) is 13.2 Å². The SMILES string of the molecule is Oc1c(Cl)cc(Cl)cc1[C@H]1Nc2cc(Cl)c(C(F)(F)F)cc2N1. The first-order valence-corrected chi connectivity index (χ1v) is 7.42. The first kappa shape index (κ1) is 16.4. The van der Waals surface area contributed by atoms with Gasteiger partial charge in [0.1, 0.15) is 11.9 Å². The molecule has 0 unspecified atom stereocenters. The molecular weight excluding hydrogens is 376 g/mol. The average molecular weight is 384 g/mol. The molecule has 1 aliphatic heterocycles. The van der Waals surface area contributed by atoms with Gasteiger partial charge in [-0.1, -0.05) is 34.8 Å².